The van der Waals surface area contributed by atoms with E-state index in [0.717, 1.165) is 12.2 Å². The van der Waals surface area contributed by atoms with Gasteiger partial charge in [-0.05, 0) is 11.5 Å². The molecule has 0 atom stereocenters. The van der Waals surface area contributed by atoms with Crippen LogP contribution in [0.2, 0.25) is 0 Å². The molecule has 6 nitrogen and oxygen atoms in total. The minimum atomic E-state index is -1.50. The molecule has 4 N–H and O–H groups in total. The molecule has 0 unspecified atom stereocenters. The highest BCUT2D eigenvalue weighted by molar-refractivity contribution is 6.08. The molecule has 0 bridgehead atoms. The van der Waals surface area contributed by atoms with E-state index in [9.17, 15) is 19.8 Å². The molecular weight excluding hydrogens is 264 g/mol. The molecule has 0 aliphatic carbocycles. The summed E-state index contributed by atoms with van der Waals surface area (Å²) < 4.78 is 0. The second-order valence-corrected chi connectivity index (χ2v) is 4.01. The van der Waals surface area contributed by atoms with E-state index < -0.39 is 29.0 Å². The average Bonchev–Trinajstić information content (AvgIpc) is 2.38. The molecule has 0 amide bonds. The summed E-state index contributed by atoms with van der Waals surface area (Å²) in [5.74, 6) is -3.97. The van der Waals surface area contributed by atoms with Crippen LogP contribution in [0, 0.1) is 0 Å². The standard InChI is InChI=1S/C14H10O6/c15-10(16)6-5-9-7-3-1-2-4-8(7)12(17)11(13(9)18)14(19)20/h1-6,17-18H,(H,15,16)(H,19,20)/b6-5+. The van der Waals surface area contributed by atoms with Gasteiger partial charge < -0.3 is 20.4 Å². The van der Waals surface area contributed by atoms with Gasteiger partial charge in [0.05, 0.1) is 0 Å². The van der Waals surface area contributed by atoms with Crippen molar-refractivity contribution in [1.82, 2.24) is 0 Å². The van der Waals surface area contributed by atoms with E-state index in [0.29, 0.717) is 5.39 Å². The zero-order chi connectivity index (χ0) is 14.9. The fourth-order valence-electron chi connectivity index (χ4n) is 1.96. The van der Waals surface area contributed by atoms with Crippen LogP contribution >= 0.6 is 0 Å². The number of aromatic hydroxyl groups is 2. The normalized spacial score (nSPS) is 11.0. The molecule has 0 radical (unpaired) electrons. The van der Waals surface area contributed by atoms with E-state index in [4.69, 9.17) is 10.2 Å². The fraction of sp³-hybridized carbons (Fsp3) is 0. The van der Waals surface area contributed by atoms with E-state index in [1.165, 1.54) is 6.07 Å². The highest BCUT2D eigenvalue weighted by Crippen LogP contribution is 2.40. The summed E-state index contributed by atoms with van der Waals surface area (Å²) in [6.45, 7) is 0. The monoisotopic (exact) mass is 274 g/mol. The van der Waals surface area contributed by atoms with Crippen LogP contribution in [-0.4, -0.2) is 32.4 Å². The Labute approximate surface area is 112 Å². The number of rotatable bonds is 3. The van der Waals surface area contributed by atoms with Crippen molar-refractivity contribution in [3.8, 4) is 11.5 Å². The second kappa shape index (κ2) is 4.93. The first-order valence-corrected chi connectivity index (χ1v) is 5.54. The maximum atomic E-state index is 11.1. The lowest BCUT2D eigenvalue weighted by Crippen LogP contribution is -2.00. The van der Waals surface area contributed by atoms with Crippen LogP contribution in [0.25, 0.3) is 16.8 Å². The first-order valence-electron chi connectivity index (χ1n) is 5.54. The minimum absolute atomic E-state index is 0.0261. The Morgan fingerprint density at radius 1 is 0.950 bits per heavy atom. The van der Waals surface area contributed by atoms with Crippen molar-refractivity contribution in [1.29, 1.82) is 0 Å². The fourth-order valence-corrected chi connectivity index (χ4v) is 1.96. The molecule has 2 aromatic rings. The number of phenols is 2. The summed E-state index contributed by atoms with van der Waals surface area (Å²) in [4.78, 5) is 21.7. The summed E-state index contributed by atoms with van der Waals surface area (Å²) in [6, 6.07) is 6.24. The number of carbonyl (C=O) groups is 2. The molecule has 0 aliphatic heterocycles. The van der Waals surface area contributed by atoms with E-state index in [-0.39, 0.29) is 10.9 Å². The highest BCUT2D eigenvalue weighted by atomic mass is 16.4. The molecule has 2 rings (SSSR count). The Kier molecular flexibility index (Phi) is 3.30. The Hall–Kier alpha value is -3.02. The van der Waals surface area contributed by atoms with Gasteiger partial charge in [-0.15, -0.1) is 0 Å². The van der Waals surface area contributed by atoms with Crippen LogP contribution in [0.3, 0.4) is 0 Å². The van der Waals surface area contributed by atoms with Gasteiger partial charge in [0.25, 0.3) is 0 Å². The van der Waals surface area contributed by atoms with E-state index in [2.05, 4.69) is 0 Å². The van der Waals surface area contributed by atoms with Crippen molar-refractivity contribution in [2.24, 2.45) is 0 Å². The molecule has 0 heterocycles. The number of aliphatic carboxylic acids is 1. The number of benzene rings is 2. The molecule has 0 spiro atoms. The zero-order valence-corrected chi connectivity index (χ0v) is 10.1. The molecule has 0 saturated heterocycles. The zero-order valence-electron chi connectivity index (χ0n) is 10.1. The maximum absolute atomic E-state index is 11.1. The van der Waals surface area contributed by atoms with Crippen LogP contribution in [0.1, 0.15) is 15.9 Å². The lowest BCUT2D eigenvalue weighted by atomic mass is 9.97. The maximum Gasteiger partial charge on any atom is 0.343 e. The summed E-state index contributed by atoms with van der Waals surface area (Å²) in [6.07, 6.45) is 1.87. The van der Waals surface area contributed by atoms with Crippen molar-refractivity contribution < 1.29 is 30.0 Å². The van der Waals surface area contributed by atoms with Gasteiger partial charge in [-0.2, -0.15) is 0 Å². The van der Waals surface area contributed by atoms with Gasteiger partial charge in [0.15, 0.2) is 0 Å². The first-order chi connectivity index (χ1) is 9.43. The summed E-state index contributed by atoms with van der Waals surface area (Å²) >= 11 is 0. The second-order valence-electron chi connectivity index (χ2n) is 4.01. The van der Waals surface area contributed by atoms with E-state index in [1.807, 2.05) is 0 Å². The third-order valence-corrected chi connectivity index (χ3v) is 2.81. The number of fused-ring (bicyclic) bond motifs is 1. The Morgan fingerprint density at radius 3 is 2.10 bits per heavy atom. The Bertz CT molecular complexity index is 745. The number of hydrogen-bond acceptors (Lipinski definition) is 4. The van der Waals surface area contributed by atoms with Crippen LogP contribution < -0.4 is 0 Å². The predicted octanol–water partition coefficient (Wildman–Crippen LogP) is 2.05. The Morgan fingerprint density at radius 2 is 1.55 bits per heavy atom. The third kappa shape index (κ3) is 2.14. The number of carboxylic acids is 2. The number of hydrogen-bond donors (Lipinski definition) is 4. The first kappa shape index (κ1) is 13.4. The van der Waals surface area contributed by atoms with Gasteiger partial charge in [0, 0.05) is 17.0 Å². The lowest BCUT2D eigenvalue weighted by molar-refractivity contribution is -0.131. The van der Waals surface area contributed by atoms with Crippen molar-refractivity contribution in [2.75, 3.05) is 0 Å². The van der Waals surface area contributed by atoms with Gasteiger partial charge in [0.1, 0.15) is 17.1 Å². The van der Waals surface area contributed by atoms with Crippen molar-refractivity contribution >= 4 is 28.8 Å². The van der Waals surface area contributed by atoms with Gasteiger partial charge >= 0.3 is 11.9 Å². The molecule has 6 heteroatoms. The van der Waals surface area contributed by atoms with Gasteiger partial charge in [-0.1, -0.05) is 24.3 Å². The largest absolute Gasteiger partial charge is 0.506 e. The lowest BCUT2D eigenvalue weighted by Gasteiger charge is -2.11. The van der Waals surface area contributed by atoms with Crippen LogP contribution in [-0.2, 0) is 4.79 Å². The van der Waals surface area contributed by atoms with Crippen molar-refractivity contribution in [3.63, 3.8) is 0 Å². The van der Waals surface area contributed by atoms with Gasteiger partial charge in [-0.3, -0.25) is 0 Å². The van der Waals surface area contributed by atoms with Crippen LogP contribution in [0.5, 0.6) is 11.5 Å². The van der Waals surface area contributed by atoms with Crippen LogP contribution in [0.15, 0.2) is 30.3 Å². The molecule has 0 fully saturated rings. The smallest absolute Gasteiger partial charge is 0.343 e. The summed E-state index contributed by atoms with van der Waals surface area (Å²) in [5, 5.41) is 38.1. The molecule has 0 aromatic heterocycles. The molecular formula is C14H10O6. The van der Waals surface area contributed by atoms with Gasteiger partial charge in [0.2, 0.25) is 0 Å². The SMILES string of the molecule is O=C(O)/C=C/c1c(O)c(C(=O)O)c(O)c2ccccc12. The topological polar surface area (TPSA) is 115 Å². The quantitative estimate of drug-likeness (QED) is 0.637. The summed E-state index contributed by atoms with van der Waals surface area (Å²) in [5.41, 5.74) is -0.632. The van der Waals surface area contributed by atoms with Crippen molar-refractivity contribution in [2.45, 2.75) is 0 Å². The molecule has 2 aromatic carbocycles. The van der Waals surface area contributed by atoms with Crippen LogP contribution in [0.4, 0.5) is 0 Å². The Balaban J connectivity index is 2.90. The average molecular weight is 274 g/mol. The van der Waals surface area contributed by atoms with Crippen molar-refractivity contribution in [3.05, 3.63) is 41.5 Å². The van der Waals surface area contributed by atoms with E-state index >= 15 is 0 Å². The molecule has 0 saturated carbocycles. The number of carboxylic acid groups (broad SMARTS) is 2. The molecule has 20 heavy (non-hydrogen) atoms. The molecule has 102 valence electrons. The third-order valence-electron chi connectivity index (χ3n) is 2.81. The molecule has 0 aliphatic rings. The minimum Gasteiger partial charge on any atom is -0.506 e. The number of aromatic carboxylic acids is 1. The summed E-state index contributed by atoms with van der Waals surface area (Å²) in [7, 11) is 0. The highest BCUT2D eigenvalue weighted by Gasteiger charge is 2.22. The van der Waals surface area contributed by atoms with Gasteiger partial charge in [-0.25, -0.2) is 9.59 Å². The predicted molar refractivity (Wildman–Crippen MR) is 70.9 cm³/mol. The van der Waals surface area contributed by atoms with E-state index in [1.54, 1.807) is 18.2 Å².